The Labute approximate surface area is 106 Å². The molecule has 18 heavy (non-hydrogen) atoms. The lowest BCUT2D eigenvalue weighted by Crippen LogP contribution is -2.36. The molecule has 0 fully saturated rings. The van der Waals surface area contributed by atoms with Gasteiger partial charge in [-0.3, -0.25) is 9.53 Å². The van der Waals surface area contributed by atoms with Gasteiger partial charge in [-0.05, 0) is 27.7 Å². The lowest BCUT2D eigenvalue weighted by molar-refractivity contribution is -0.326. The van der Waals surface area contributed by atoms with Crippen molar-refractivity contribution in [2.24, 2.45) is 0 Å². The highest BCUT2D eigenvalue weighted by Gasteiger charge is 2.25. The summed E-state index contributed by atoms with van der Waals surface area (Å²) in [6, 6.07) is 0. The van der Waals surface area contributed by atoms with Gasteiger partial charge in [0.25, 0.3) is 0 Å². The average Bonchev–Trinajstić information content (AvgIpc) is 2.26. The van der Waals surface area contributed by atoms with Crippen LogP contribution in [0.2, 0.25) is 0 Å². The molecule has 0 aliphatic heterocycles. The summed E-state index contributed by atoms with van der Waals surface area (Å²) >= 11 is 0. The van der Waals surface area contributed by atoms with Crippen LogP contribution in [0.3, 0.4) is 0 Å². The summed E-state index contributed by atoms with van der Waals surface area (Å²) < 4.78 is 19.4. The van der Waals surface area contributed by atoms with Gasteiger partial charge in [-0.25, -0.2) is 4.79 Å². The molecule has 106 valence electrons. The molecule has 0 aromatic carbocycles. The number of Topliss-reactive ketones (excluding diaryl/α,β-unsaturated/α-hetero) is 1. The van der Waals surface area contributed by atoms with Gasteiger partial charge in [0, 0.05) is 7.11 Å². The first-order valence-electron chi connectivity index (χ1n) is 5.50. The monoisotopic (exact) mass is 264 g/mol. The molecular weight excluding hydrogens is 244 g/mol. The molecule has 7 nitrogen and oxygen atoms in total. The van der Waals surface area contributed by atoms with Gasteiger partial charge in [0.1, 0.15) is 6.10 Å². The van der Waals surface area contributed by atoms with E-state index in [-0.39, 0.29) is 5.78 Å². The van der Waals surface area contributed by atoms with Crippen LogP contribution < -0.4 is 0 Å². The van der Waals surface area contributed by atoms with Gasteiger partial charge in [0.15, 0.2) is 18.2 Å². The molecule has 1 N–H and O–H groups in total. The van der Waals surface area contributed by atoms with E-state index in [0.717, 1.165) is 0 Å². The zero-order valence-electron chi connectivity index (χ0n) is 11.2. The fourth-order valence-corrected chi connectivity index (χ4v) is 0.798. The van der Waals surface area contributed by atoms with Crippen LogP contribution in [0, 0.1) is 0 Å². The van der Waals surface area contributed by atoms with Crippen molar-refractivity contribution in [1.82, 2.24) is 0 Å². The van der Waals surface area contributed by atoms with Crippen molar-refractivity contribution < 1.29 is 33.6 Å². The summed E-state index contributed by atoms with van der Waals surface area (Å²) in [5, 5.41) is 9.07. The highest BCUT2D eigenvalue weighted by molar-refractivity contribution is 5.80. The van der Waals surface area contributed by atoms with Crippen LogP contribution in [0.4, 0.5) is 0 Å². The first-order chi connectivity index (χ1) is 8.27. The van der Waals surface area contributed by atoms with Gasteiger partial charge in [0.2, 0.25) is 0 Å². The zero-order chi connectivity index (χ0) is 14.3. The number of rotatable bonds is 8. The number of aliphatic hydroxyl groups is 1. The van der Waals surface area contributed by atoms with E-state index in [1.54, 1.807) is 0 Å². The number of hydrogen-bond donors (Lipinski definition) is 1. The molecule has 0 saturated carbocycles. The summed E-state index contributed by atoms with van der Waals surface area (Å²) in [6.07, 6.45) is -2.83. The van der Waals surface area contributed by atoms with Crippen molar-refractivity contribution in [1.29, 1.82) is 0 Å². The van der Waals surface area contributed by atoms with E-state index in [4.69, 9.17) is 24.1 Å². The second-order valence-electron chi connectivity index (χ2n) is 3.73. The predicted molar refractivity (Wildman–Crippen MR) is 60.3 cm³/mol. The molecular formula is C11H20O7. The minimum atomic E-state index is -1.46. The summed E-state index contributed by atoms with van der Waals surface area (Å²) in [7, 11) is 1.34. The molecule has 0 bridgehead atoms. The van der Waals surface area contributed by atoms with Crippen molar-refractivity contribution in [3.05, 3.63) is 0 Å². The van der Waals surface area contributed by atoms with Crippen molar-refractivity contribution in [3.8, 4) is 0 Å². The highest BCUT2D eigenvalue weighted by atomic mass is 16.9. The quantitative estimate of drug-likeness (QED) is 0.494. The van der Waals surface area contributed by atoms with Crippen LogP contribution in [-0.4, -0.2) is 48.9 Å². The maximum atomic E-state index is 11.4. The third-order valence-electron chi connectivity index (χ3n) is 2.09. The standard InChI is InChI=1S/C11H20O7/c1-6(12)7(2)16-11(17-9(4)13)18-10(14)8(3)15-5/h7-9,11,13H,1-5H3. The van der Waals surface area contributed by atoms with Gasteiger partial charge in [-0.1, -0.05) is 0 Å². The third-order valence-corrected chi connectivity index (χ3v) is 2.09. The molecule has 4 unspecified atom stereocenters. The zero-order valence-corrected chi connectivity index (χ0v) is 11.2. The second-order valence-corrected chi connectivity index (χ2v) is 3.73. The number of esters is 1. The fourth-order valence-electron chi connectivity index (χ4n) is 0.798. The van der Waals surface area contributed by atoms with E-state index in [2.05, 4.69) is 0 Å². The Morgan fingerprint density at radius 1 is 1.06 bits per heavy atom. The molecule has 0 saturated heterocycles. The molecule has 0 amide bonds. The lowest BCUT2D eigenvalue weighted by atomic mass is 10.3. The van der Waals surface area contributed by atoms with Crippen LogP contribution >= 0.6 is 0 Å². The summed E-state index contributed by atoms with van der Waals surface area (Å²) in [5.74, 6) is -0.982. The van der Waals surface area contributed by atoms with Crippen molar-refractivity contribution in [2.75, 3.05) is 7.11 Å². The molecule has 0 radical (unpaired) electrons. The Morgan fingerprint density at radius 3 is 2.00 bits per heavy atom. The highest BCUT2D eigenvalue weighted by Crippen LogP contribution is 2.08. The summed E-state index contributed by atoms with van der Waals surface area (Å²) in [6.45, 7) is 4.14. The van der Waals surface area contributed by atoms with E-state index in [1.807, 2.05) is 0 Å². The average molecular weight is 264 g/mol. The number of hydrogen-bond acceptors (Lipinski definition) is 7. The Hall–Kier alpha value is -1.02. The Morgan fingerprint density at radius 2 is 1.61 bits per heavy atom. The van der Waals surface area contributed by atoms with Crippen LogP contribution in [0.25, 0.3) is 0 Å². The SMILES string of the molecule is COC(C)C(=O)OC(OC(C)O)OC(C)C(C)=O. The lowest BCUT2D eigenvalue weighted by Gasteiger charge is -2.23. The molecule has 7 heteroatoms. The number of ether oxygens (including phenoxy) is 4. The number of carbonyl (C=O) groups is 2. The molecule has 0 heterocycles. The number of aliphatic hydroxyl groups excluding tert-OH is 1. The van der Waals surface area contributed by atoms with Gasteiger partial charge >= 0.3 is 12.4 Å². The van der Waals surface area contributed by atoms with Gasteiger partial charge < -0.3 is 19.3 Å². The molecule has 0 aromatic heterocycles. The number of methoxy groups -OCH3 is 1. The van der Waals surface area contributed by atoms with Crippen molar-refractivity contribution in [2.45, 2.75) is 52.7 Å². The molecule has 0 aliphatic rings. The van der Waals surface area contributed by atoms with E-state index >= 15 is 0 Å². The van der Waals surface area contributed by atoms with Crippen LogP contribution in [0.1, 0.15) is 27.7 Å². The number of ketones is 1. The summed E-state index contributed by atoms with van der Waals surface area (Å²) in [4.78, 5) is 22.5. The molecule has 0 spiro atoms. The van der Waals surface area contributed by atoms with E-state index in [1.165, 1.54) is 34.8 Å². The van der Waals surface area contributed by atoms with Crippen molar-refractivity contribution in [3.63, 3.8) is 0 Å². The first-order valence-corrected chi connectivity index (χ1v) is 5.50. The third kappa shape index (κ3) is 6.65. The Balaban J connectivity index is 4.49. The molecule has 4 atom stereocenters. The molecule has 0 rings (SSSR count). The minimum absolute atomic E-state index is 0.259. The molecule has 0 aliphatic carbocycles. The number of carbonyl (C=O) groups excluding carboxylic acids is 2. The van der Waals surface area contributed by atoms with E-state index < -0.39 is 30.9 Å². The first kappa shape index (κ1) is 17.0. The normalized spacial score (nSPS) is 17.7. The predicted octanol–water partition coefficient (Wildman–Crippen LogP) is 0.197. The van der Waals surface area contributed by atoms with E-state index in [0.29, 0.717) is 0 Å². The maximum absolute atomic E-state index is 11.4. The van der Waals surface area contributed by atoms with E-state index in [9.17, 15) is 9.59 Å². The Kier molecular flexibility index (Phi) is 7.69. The van der Waals surface area contributed by atoms with Crippen LogP contribution in [-0.2, 0) is 28.5 Å². The maximum Gasteiger partial charge on any atom is 0.339 e. The van der Waals surface area contributed by atoms with Gasteiger partial charge in [-0.15, -0.1) is 0 Å². The topological polar surface area (TPSA) is 91.3 Å². The largest absolute Gasteiger partial charge is 0.408 e. The van der Waals surface area contributed by atoms with Gasteiger partial charge in [-0.2, -0.15) is 0 Å². The molecule has 0 aromatic rings. The van der Waals surface area contributed by atoms with Crippen LogP contribution in [0.5, 0.6) is 0 Å². The fraction of sp³-hybridized carbons (Fsp3) is 0.818. The smallest absolute Gasteiger partial charge is 0.339 e. The summed E-state index contributed by atoms with van der Waals surface area (Å²) in [5.41, 5.74) is 0. The van der Waals surface area contributed by atoms with Crippen molar-refractivity contribution >= 4 is 11.8 Å². The second kappa shape index (κ2) is 8.15. The van der Waals surface area contributed by atoms with Gasteiger partial charge in [0.05, 0.1) is 0 Å². The Bertz CT molecular complexity index is 277. The minimum Gasteiger partial charge on any atom is -0.408 e. The van der Waals surface area contributed by atoms with Crippen LogP contribution in [0.15, 0.2) is 0 Å².